The number of primary sulfonamides is 1. The zero-order valence-electron chi connectivity index (χ0n) is 7.64. The van der Waals surface area contributed by atoms with Gasteiger partial charge in [-0.2, -0.15) is 0 Å². The number of benzene rings is 1. The molecule has 15 heavy (non-hydrogen) atoms. The van der Waals surface area contributed by atoms with Crippen molar-refractivity contribution in [1.29, 1.82) is 0 Å². The van der Waals surface area contributed by atoms with E-state index < -0.39 is 21.1 Å². The summed E-state index contributed by atoms with van der Waals surface area (Å²) in [6.07, 6.45) is 0. The average molecular weight is 278 g/mol. The van der Waals surface area contributed by atoms with Gasteiger partial charge in [0.15, 0.2) is 0 Å². The van der Waals surface area contributed by atoms with Crippen LogP contribution in [0.4, 0.5) is 0 Å². The molecule has 0 aliphatic rings. The molecule has 0 spiro atoms. The van der Waals surface area contributed by atoms with Crippen LogP contribution in [0.5, 0.6) is 0 Å². The summed E-state index contributed by atoms with van der Waals surface area (Å²) in [6, 6.07) is 3.20. The Morgan fingerprint density at radius 3 is 2.33 bits per heavy atom. The van der Waals surface area contributed by atoms with E-state index in [-0.39, 0.29) is 44.4 Å². The molecule has 1 aromatic rings. The van der Waals surface area contributed by atoms with Gasteiger partial charge < -0.3 is 4.55 Å². The molecule has 1 unspecified atom stereocenters. The maximum Gasteiger partial charge on any atom is 1.00 e. The van der Waals surface area contributed by atoms with Crippen molar-refractivity contribution in [3.8, 4) is 0 Å². The maximum absolute atomic E-state index is 10.9. The van der Waals surface area contributed by atoms with E-state index in [1.807, 2.05) is 0 Å². The fourth-order valence-corrected chi connectivity index (χ4v) is 2.16. The largest absolute Gasteiger partial charge is 1.00 e. The summed E-state index contributed by atoms with van der Waals surface area (Å²) in [4.78, 5) is -0.584. The van der Waals surface area contributed by atoms with E-state index in [1.165, 1.54) is 0 Å². The molecule has 0 aromatic heterocycles. The summed E-state index contributed by atoms with van der Waals surface area (Å²) >= 11 is 2.93. The molecular weight excluding hydrogens is 273 g/mol. The minimum absolute atomic E-state index is 0. The van der Waals surface area contributed by atoms with Gasteiger partial charge in [-0.3, -0.25) is 4.21 Å². The van der Waals surface area contributed by atoms with Gasteiger partial charge in [-0.05, 0) is 29.3 Å². The zero-order chi connectivity index (χ0) is 10.9. The third-order valence-corrected chi connectivity index (χ3v) is 3.46. The van der Waals surface area contributed by atoms with Crippen LogP contribution >= 0.6 is 11.6 Å². The molecule has 0 fully saturated rings. The molecule has 1 rings (SSSR count). The van der Waals surface area contributed by atoms with Crippen molar-refractivity contribution in [2.45, 2.75) is 9.79 Å². The Hall–Kier alpha value is 0.530. The van der Waals surface area contributed by atoms with Gasteiger partial charge >= 0.3 is 29.6 Å². The van der Waals surface area contributed by atoms with E-state index >= 15 is 0 Å². The first-order valence-corrected chi connectivity index (χ1v) is 6.24. The molecule has 1 aromatic carbocycles. The summed E-state index contributed by atoms with van der Waals surface area (Å²) in [7, 11) is -3.91. The smallest absolute Gasteiger partial charge is 0.768 e. The molecule has 0 heterocycles. The standard InChI is InChI=1S/C6H6ClNO4S2.Na/c7-5-2-1-4(14(8,11)12)3-6(5)13(9)10;/h1-3H,(H,9,10)(H2,8,11,12);/q;+1/p-1. The molecule has 0 saturated carbocycles. The molecule has 0 radical (unpaired) electrons. The molecule has 2 N–H and O–H groups in total. The Morgan fingerprint density at radius 1 is 1.40 bits per heavy atom. The fourth-order valence-electron chi connectivity index (χ4n) is 0.788. The van der Waals surface area contributed by atoms with Crippen LogP contribution in [-0.4, -0.2) is 17.2 Å². The van der Waals surface area contributed by atoms with E-state index in [9.17, 15) is 17.2 Å². The molecule has 0 aliphatic heterocycles. The van der Waals surface area contributed by atoms with Gasteiger partial charge in [0.25, 0.3) is 0 Å². The summed E-state index contributed by atoms with van der Waals surface area (Å²) in [5.74, 6) is 0. The number of halogens is 1. The van der Waals surface area contributed by atoms with Crippen molar-refractivity contribution in [2.75, 3.05) is 0 Å². The summed E-state index contributed by atoms with van der Waals surface area (Å²) in [5, 5.41) is 4.75. The van der Waals surface area contributed by atoms with E-state index in [0.717, 1.165) is 18.2 Å². The molecule has 0 saturated heterocycles. The van der Waals surface area contributed by atoms with Crippen molar-refractivity contribution >= 4 is 32.7 Å². The van der Waals surface area contributed by atoms with E-state index in [2.05, 4.69) is 0 Å². The number of rotatable bonds is 2. The van der Waals surface area contributed by atoms with Crippen molar-refractivity contribution in [3.63, 3.8) is 0 Å². The van der Waals surface area contributed by atoms with Gasteiger partial charge in [0.2, 0.25) is 10.0 Å². The minimum Gasteiger partial charge on any atom is -0.768 e. The van der Waals surface area contributed by atoms with Crippen LogP contribution in [0.1, 0.15) is 0 Å². The molecular formula is C6H5ClNNaO4S2. The number of hydrogen-bond donors (Lipinski definition) is 1. The second kappa shape index (κ2) is 5.74. The van der Waals surface area contributed by atoms with Crippen LogP contribution in [0.15, 0.2) is 28.0 Å². The summed E-state index contributed by atoms with van der Waals surface area (Å²) in [5.41, 5.74) is 0. The Bertz CT molecular complexity index is 490. The van der Waals surface area contributed by atoms with E-state index in [0.29, 0.717) is 0 Å². The molecule has 0 aliphatic carbocycles. The van der Waals surface area contributed by atoms with Gasteiger partial charge in [-0.25, -0.2) is 13.6 Å². The molecule has 0 bridgehead atoms. The maximum atomic E-state index is 10.9. The van der Waals surface area contributed by atoms with Crippen LogP contribution in [0, 0.1) is 0 Å². The van der Waals surface area contributed by atoms with Gasteiger partial charge in [0.05, 0.1) is 9.92 Å². The number of sulfonamides is 1. The first-order valence-electron chi connectivity index (χ1n) is 3.24. The second-order valence-corrected chi connectivity index (χ2v) is 5.25. The Kier molecular flexibility index (Phi) is 5.94. The van der Waals surface area contributed by atoms with Gasteiger partial charge in [0.1, 0.15) is 0 Å². The van der Waals surface area contributed by atoms with Gasteiger partial charge in [-0.1, -0.05) is 11.6 Å². The van der Waals surface area contributed by atoms with Crippen LogP contribution in [0.3, 0.4) is 0 Å². The van der Waals surface area contributed by atoms with Gasteiger partial charge in [0, 0.05) is 4.90 Å². The summed E-state index contributed by atoms with van der Waals surface area (Å²) < 4.78 is 42.9. The van der Waals surface area contributed by atoms with Crippen molar-refractivity contribution in [3.05, 3.63) is 23.2 Å². The Balaban J connectivity index is 0.00000196. The predicted molar refractivity (Wildman–Crippen MR) is 50.0 cm³/mol. The quantitative estimate of drug-likeness (QED) is 0.467. The minimum atomic E-state index is -3.91. The van der Waals surface area contributed by atoms with E-state index in [4.69, 9.17) is 16.7 Å². The monoisotopic (exact) mass is 277 g/mol. The Labute approximate surface area is 117 Å². The fraction of sp³-hybridized carbons (Fsp3) is 0. The Morgan fingerprint density at radius 2 is 1.93 bits per heavy atom. The zero-order valence-corrected chi connectivity index (χ0v) is 12.0. The SMILES string of the molecule is NS(=O)(=O)c1ccc(Cl)c(S(=O)[O-])c1.[Na+]. The van der Waals surface area contributed by atoms with Crippen LogP contribution in [0.25, 0.3) is 0 Å². The van der Waals surface area contributed by atoms with Crippen LogP contribution in [-0.2, 0) is 21.1 Å². The molecule has 9 heteroatoms. The second-order valence-electron chi connectivity index (χ2n) is 2.37. The first kappa shape index (κ1) is 15.5. The third kappa shape index (κ3) is 4.12. The molecule has 1 atom stereocenters. The normalized spacial score (nSPS) is 13.0. The summed E-state index contributed by atoms with van der Waals surface area (Å²) in [6.45, 7) is 0. The van der Waals surface area contributed by atoms with Crippen molar-refractivity contribution < 1.29 is 46.7 Å². The molecule has 78 valence electrons. The van der Waals surface area contributed by atoms with Gasteiger partial charge in [-0.15, -0.1) is 0 Å². The van der Waals surface area contributed by atoms with Crippen LogP contribution in [0.2, 0.25) is 5.02 Å². The van der Waals surface area contributed by atoms with Crippen LogP contribution < -0.4 is 34.7 Å². The molecule has 0 amide bonds. The third-order valence-electron chi connectivity index (χ3n) is 1.41. The van der Waals surface area contributed by atoms with Crippen molar-refractivity contribution in [1.82, 2.24) is 0 Å². The molecule has 5 nitrogen and oxygen atoms in total. The topological polar surface area (TPSA) is 100 Å². The average Bonchev–Trinajstić information content (AvgIpc) is 2.02. The predicted octanol–water partition coefficient (Wildman–Crippen LogP) is -2.77. The number of hydrogen-bond acceptors (Lipinski definition) is 4. The van der Waals surface area contributed by atoms with E-state index in [1.54, 1.807) is 0 Å². The van der Waals surface area contributed by atoms with Crippen molar-refractivity contribution in [2.24, 2.45) is 5.14 Å². The first-order chi connectivity index (χ1) is 6.32. The number of nitrogens with two attached hydrogens (primary N) is 1.